The normalized spacial score (nSPS) is 11.2. The number of carbonyl (C=O) groups excluding carboxylic acids is 1. The van der Waals surface area contributed by atoms with Gasteiger partial charge in [-0.25, -0.2) is 4.98 Å². The molecule has 0 aliphatic heterocycles. The summed E-state index contributed by atoms with van der Waals surface area (Å²) in [6, 6.07) is 16.1. The third-order valence-corrected chi connectivity index (χ3v) is 5.50. The summed E-state index contributed by atoms with van der Waals surface area (Å²) in [4.78, 5) is 16.9. The minimum atomic E-state index is -0.181. The van der Waals surface area contributed by atoms with Crippen molar-refractivity contribution in [1.82, 2.24) is 14.9 Å². The number of benzene rings is 2. The summed E-state index contributed by atoms with van der Waals surface area (Å²) in [7, 11) is 0. The van der Waals surface area contributed by atoms with Crippen LogP contribution in [0.25, 0.3) is 11.0 Å². The van der Waals surface area contributed by atoms with Crippen molar-refractivity contribution in [3.8, 4) is 0 Å². The summed E-state index contributed by atoms with van der Waals surface area (Å²) < 4.78 is 7.45. The zero-order valence-electron chi connectivity index (χ0n) is 17.7. The van der Waals surface area contributed by atoms with E-state index in [0.29, 0.717) is 12.3 Å². The first-order valence-corrected chi connectivity index (χ1v) is 10.4. The Balaban J connectivity index is 1.53. The highest BCUT2D eigenvalue weighted by Gasteiger charge is 2.14. The lowest BCUT2D eigenvalue weighted by atomic mass is 9.99. The first-order valence-electron chi connectivity index (χ1n) is 10.4. The number of aromatic nitrogens is 2. The molecule has 1 amide bonds. The predicted octanol–water partition coefficient (Wildman–Crippen LogP) is 4.97. The van der Waals surface area contributed by atoms with Crippen LogP contribution in [0.5, 0.6) is 0 Å². The molecule has 0 atom stereocenters. The Morgan fingerprint density at radius 3 is 2.57 bits per heavy atom. The lowest BCUT2D eigenvalue weighted by molar-refractivity contribution is 0.0925. The van der Waals surface area contributed by atoms with Crippen LogP contribution >= 0.6 is 0 Å². The van der Waals surface area contributed by atoms with E-state index in [1.54, 1.807) is 12.1 Å². The highest BCUT2D eigenvalue weighted by Crippen LogP contribution is 2.23. The second-order valence-electron chi connectivity index (χ2n) is 7.82. The van der Waals surface area contributed by atoms with Gasteiger partial charge in [0.1, 0.15) is 5.82 Å². The number of rotatable bonds is 7. The Bertz CT molecular complexity index is 1150. The fourth-order valence-electron chi connectivity index (χ4n) is 4.05. The Kier molecular flexibility index (Phi) is 5.70. The van der Waals surface area contributed by atoms with Crippen LogP contribution in [0.3, 0.4) is 0 Å². The molecule has 5 nitrogen and oxygen atoms in total. The largest absolute Gasteiger partial charge is 0.459 e. The minimum Gasteiger partial charge on any atom is -0.459 e. The average Bonchev–Trinajstić information content (AvgIpc) is 3.36. The fourth-order valence-corrected chi connectivity index (χ4v) is 4.05. The Morgan fingerprint density at radius 1 is 1.07 bits per heavy atom. The van der Waals surface area contributed by atoms with E-state index in [1.807, 2.05) is 6.07 Å². The summed E-state index contributed by atoms with van der Waals surface area (Å²) in [5, 5.41) is 2.91. The van der Waals surface area contributed by atoms with Crippen LogP contribution < -0.4 is 5.32 Å². The molecule has 1 N–H and O–H groups in total. The molecule has 0 aliphatic rings. The number of amides is 1. The number of para-hydroxylation sites is 2. The molecule has 0 aliphatic carbocycles. The van der Waals surface area contributed by atoms with Crippen molar-refractivity contribution >= 4 is 16.9 Å². The maximum Gasteiger partial charge on any atom is 0.286 e. The van der Waals surface area contributed by atoms with Crippen LogP contribution in [-0.2, 0) is 13.0 Å². The zero-order chi connectivity index (χ0) is 21.1. The molecule has 0 saturated heterocycles. The molecule has 0 fully saturated rings. The topological polar surface area (TPSA) is 60.1 Å². The second-order valence-corrected chi connectivity index (χ2v) is 7.82. The van der Waals surface area contributed by atoms with Crippen molar-refractivity contribution < 1.29 is 9.21 Å². The maximum atomic E-state index is 12.0. The Labute approximate surface area is 176 Å². The van der Waals surface area contributed by atoms with Gasteiger partial charge >= 0.3 is 0 Å². The molecule has 5 heteroatoms. The molecule has 4 rings (SSSR count). The van der Waals surface area contributed by atoms with Gasteiger partial charge in [0.2, 0.25) is 0 Å². The monoisotopic (exact) mass is 401 g/mol. The van der Waals surface area contributed by atoms with Crippen LogP contribution in [-0.4, -0.2) is 22.0 Å². The van der Waals surface area contributed by atoms with Gasteiger partial charge in [-0.1, -0.05) is 29.8 Å². The molecular formula is C25H27N3O2. The van der Waals surface area contributed by atoms with Gasteiger partial charge in [0.15, 0.2) is 5.76 Å². The standard InChI is InChI=1S/C25H27N3O2/c1-17-14-18(2)20(19(3)15-17)16-28-22-9-5-4-8-21(22)27-24(28)11-6-12-26-25(29)23-10-7-13-30-23/h4-5,7-10,13-15H,6,11-12,16H2,1-3H3,(H,26,29). The molecular weight excluding hydrogens is 374 g/mol. The van der Waals surface area contributed by atoms with Gasteiger partial charge in [0.05, 0.1) is 17.3 Å². The molecule has 0 saturated carbocycles. The molecule has 2 aromatic carbocycles. The van der Waals surface area contributed by atoms with Crippen LogP contribution in [0.2, 0.25) is 0 Å². The molecule has 0 bridgehead atoms. The van der Waals surface area contributed by atoms with Crippen molar-refractivity contribution in [1.29, 1.82) is 0 Å². The number of nitrogens with zero attached hydrogens (tertiary/aromatic N) is 2. The Hall–Kier alpha value is -3.34. The van der Waals surface area contributed by atoms with E-state index in [4.69, 9.17) is 9.40 Å². The number of hydrogen-bond acceptors (Lipinski definition) is 3. The van der Waals surface area contributed by atoms with Gasteiger partial charge in [-0.2, -0.15) is 0 Å². The average molecular weight is 402 g/mol. The van der Waals surface area contributed by atoms with Crippen molar-refractivity contribution in [2.75, 3.05) is 6.54 Å². The summed E-state index contributed by atoms with van der Waals surface area (Å²) in [5.74, 6) is 1.20. The lowest BCUT2D eigenvalue weighted by Crippen LogP contribution is -2.24. The van der Waals surface area contributed by atoms with E-state index in [1.165, 1.54) is 28.5 Å². The van der Waals surface area contributed by atoms with Gasteiger partial charge in [0, 0.05) is 19.5 Å². The van der Waals surface area contributed by atoms with E-state index in [0.717, 1.165) is 36.2 Å². The molecule has 4 aromatic rings. The number of fused-ring (bicyclic) bond motifs is 1. The van der Waals surface area contributed by atoms with Gasteiger partial charge in [-0.05, 0) is 68.1 Å². The first kappa shape index (κ1) is 20.0. The van der Waals surface area contributed by atoms with Crippen molar-refractivity contribution in [2.24, 2.45) is 0 Å². The molecule has 2 heterocycles. The first-order chi connectivity index (χ1) is 14.5. The maximum absolute atomic E-state index is 12.0. The van der Waals surface area contributed by atoms with Crippen LogP contribution in [0.15, 0.2) is 59.2 Å². The summed E-state index contributed by atoms with van der Waals surface area (Å²) in [6.07, 6.45) is 3.10. The van der Waals surface area contributed by atoms with E-state index in [9.17, 15) is 4.79 Å². The third-order valence-electron chi connectivity index (χ3n) is 5.50. The SMILES string of the molecule is Cc1cc(C)c(Cn2c(CCCNC(=O)c3ccco3)nc3ccccc32)c(C)c1. The van der Waals surface area contributed by atoms with Crippen molar-refractivity contribution in [3.63, 3.8) is 0 Å². The number of hydrogen-bond donors (Lipinski definition) is 1. The smallest absolute Gasteiger partial charge is 0.286 e. The van der Waals surface area contributed by atoms with E-state index >= 15 is 0 Å². The summed E-state index contributed by atoms with van der Waals surface area (Å²) in [6.45, 7) is 7.87. The number of imidazole rings is 1. The fraction of sp³-hybridized carbons (Fsp3) is 0.280. The molecule has 30 heavy (non-hydrogen) atoms. The minimum absolute atomic E-state index is 0.181. The second kappa shape index (κ2) is 8.57. The molecule has 0 unspecified atom stereocenters. The van der Waals surface area contributed by atoms with Crippen LogP contribution in [0.1, 0.15) is 45.1 Å². The van der Waals surface area contributed by atoms with Gasteiger partial charge in [0.25, 0.3) is 5.91 Å². The van der Waals surface area contributed by atoms with Crippen molar-refractivity contribution in [2.45, 2.75) is 40.2 Å². The van der Waals surface area contributed by atoms with Gasteiger partial charge in [-0.3, -0.25) is 4.79 Å². The third kappa shape index (κ3) is 4.15. The summed E-state index contributed by atoms with van der Waals surface area (Å²) >= 11 is 0. The predicted molar refractivity (Wildman–Crippen MR) is 119 cm³/mol. The molecule has 2 aromatic heterocycles. The van der Waals surface area contributed by atoms with Gasteiger partial charge < -0.3 is 14.3 Å². The molecule has 154 valence electrons. The van der Waals surface area contributed by atoms with Crippen molar-refractivity contribution in [3.05, 3.63) is 88.6 Å². The lowest BCUT2D eigenvalue weighted by Gasteiger charge is -2.15. The molecule has 0 radical (unpaired) electrons. The highest BCUT2D eigenvalue weighted by molar-refractivity contribution is 5.91. The number of furan rings is 1. The van der Waals surface area contributed by atoms with E-state index < -0.39 is 0 Å². The zero-order valence-corrected chi connectivity index (χ0v) is 17.7. The van der Waals surface area contributed by atoms with Gasteiger partial charge in [-0.15, -0.1) is 0 Å². The van der Waals surface area contributed by atoms with Crippen LogP contribution in [0, 0.1) is 20.8 Å². The van der Waals surface area contributed by atoms with E-state index in [2.05, 4.69) is 61.0 Å². The molecule has 0 spiro atoms. The number of nitrogens with one attached hydrogen (secondary N) is 1. The Morgan fingerprint density at radius 2 is 1.83 bits per heavy atom. The van der Waals surface area contributed by atoms with E-state index in [-0.39, 0.29) is 5.91 Å². The quantitative estimate of drug-likeness (QED) is 0.445. The summed E-state index contributed by atoms with van der Waals surface area (Å²) in [5.41, 5.74) is 7.40. The number of carbonyl (C=O) groups is 1. The van der Waals surface area contributed by atoms with Crippen LogP contribution in [0.4, 0.5) is 0 Å². The number of aryl methyl sites for hydroxylation is 4. The highest BCUT2D eigenvalue weighted by atomic mass is 16.3.